The second-order valence-corrected chi connectivity index (χ2v) is 8.61. The number of aromatic nitrogens is 2. The fourth-order valence-corrected chi connectivity index (χ4v) is 2.99. The molecule has 0 bridgehead atoms. The summed E-state index contributed by atoms with van der Waals surface area (Å²) >= 11 is 0. The lowest BCUT2D eigenvalue weighted by Gasteiger charge is -2.32. The van der Waals surface area contributed by atoms with E-state index in [0.717, 1.165) is 19.1 Å². The standard InChI is InChI=1S/C14H23N3O4S/c1-9(2)13-15-12(16-21-13)11-6-5-7-17(8-11)14(18)10(3)22(4,19)20/h9-11H,5-8H2,1-4H3/t10-,11+/m0/s1. The minimum Gasteiger partial charge on any atom is -0.341 e. The molecule has 1 aromatic rings. The van der Waals surface area contributed by atoms with Crippen LogP contribution in [0.25, 0.3) is 0 Å². The fraction of sp³-hybridized carbons (Fsp3) is 0.786. The first-order chi connectivity index (χ1) is 10.2. The van der Waals surface area contributed by atoms with E-state index in [4.69, 9.17) is 4.52 Å². The molecule has 22 heavy (non-hydrogen) atoms. The molecule has 124 valence electrons. The lowest BCUT2D eigenvalue weighted by atomic mass is 9.97. The smallest absolute Gasteiger partial charge is 0.240 e. The van der Waals surface area contributed by atoms with E-state index >= 15 is 0 Å². The normalized spacial score (nSPS) is 21.1. The van der Waals surface area contributed by atoms with E-state index in [1.54, 1.807) is 4.90 Å². The maximum atomic E-state index is 12.3. The van der Waals surface area contributed by atoms with Crippen molar-refractivity contribution >= 4 is 15.7 Å². The number of carbonyl (C=O) groups is 1. The second kappa shape index (κ2) is 6.36. The monoisotopic (exact) mass is 329 g/mol. The second-order valence-electron chi connectivity index (χ2n) is 6.24. The van der Waals surface area contributed by atoms with Crippen LogP contribution in [0.1, 0.15) is 57.2 Å². The van der Waals surface area contributed by atoms with Crippen LogP contribution < -0.4 is 0 Å². The molecule has 0 N–H and O–H groups in total. The van der Waals surface area contributed by atoms with Gasteiger partial charge in [-0.2, -0.15) is 4.98 Å². The Morgan fingerprint density at radius 2 is 2.05 bits per heavy atom. The van der Waals surface area contributed by atoms with Crippen LogP contribution in [0, 0.1) is 0 Å². The molecule has 0 aliphatic carbocycles. The Hall–Kier alpha value is -1.44. The third kappa shape index (κ3) is 3.66. The first kappa shape index (κ1) is 16.9. The molecule has 0 saturated carbocycles. The summed E-state index contributed by atoms with van der Waals surface area (Å²) in [6.45, 7) is 6.40. The number of sulfone groups is 1. The van der Waals surface area contributed by atoms with Gasteiger partial charge in [-0.3, -0.25) is 4.79 Å². The van der Waals surface area contributed by atoms with Crippen molar-refractivity contribution in [3.05, 3.63) is 11.7 Å². The molecule has 2 atom stereocenters. The first-order valence-corrected chi connectivity index (χ1v) is 9.46. The van der Waals surface area contributed by atoms with E-state index in [2.05, 4.69) is 10.1 Å². The molecule has 2 rings (SSSR count). The Bertz CT molecular complexity index is 638. The maximum Gasteiger partial charge on any atom is 0.240 e. The van der Waals surface area contributed by atoms with Crippen LogP contribution in [0.3, 0.4) is 0 Å². The van der Waals surface area contributed by atoms with Crippen LogP contribution >= 0.6 is 0 Å². The molecule has 8 heteroatoms. The molecule has 0 spiro atoms. The minimum absolute atomic E-state index is 0.000658. The van der Waals surface area contributed by atoms with Crippen LogP contribution in [-0.2, 0) is 14.6 Å². The van der Waals surface area contributed by atoms with Crippen molar-refractivity contribution < 1.29 is 17.7 Å². The van der Waals surface area contributed by atoms with E-state index in [1.165, 1.54) is 6.92 Å². The van der Waals surface area contributed by atoms with Gasteiger partial charge in [-0.1, -0.05) is 19.0 Å². The zero-order valence-electron chi connectivity index (χ0n) is 13.4. The molecule has 1 saturated heterocycles. The number of hydrogen-bond acceptors (Lipinski definition) is 6. The van der Waals surface area contributed by atoms with Gasteiger partial charge < -0.3 is 9.42 Å². The Morgan fingerprint density at radius 3 is 2.59 bits per heavy atom. The highest BCUT2D eigenvalue weighted by Crippen LogP contribution is 2.26. The van der Waals surface area contributed by atoms with Gasteiger partial charge in [-0.15, -0.1) is 0 Å². The fourth-order valence-electron chi connectivity index (χ4n) is 2.48. The number of hydrogen-bond donors (Lipinski definition) is 0. The highest BCUT2D eigenvalue weighted by molar-refractivity contribution is 7.92. The highest BCUT2D eigenvalue weighted by Gasteiger charge is 2.33. The van der Waals surface area contributed by atoms with Gasteiger partial charge in [0.25, 0.3) is 0 Å². The molecule has 2 heterocycles. The van der Waals surface area contributed by atoms with Gasteiger partial charge in [0.15, 0.2) is 15.7 Å². The summed E-state index contributed by atoms with van der Waals surface area (Å²) in [5.41, 5.74) is 0. The highest BCUT2D eigenvalue weighted by atomic mass is 32.2. The SMILES string of the molecule is CC(C)c1nc([C@@H]2CCCN(C(=O)[C@H](C)S(C)(=O)=O)C2)no1. The first-order valence-electron chi connectivity index (χ1n) is 7.51. The van der Waals surface area contributed by atoms with Gasteiger partial charge in [-0.05, 0) is 19.8 Å². The van der Waals surface area contributed by atoms with Crippen molar-refractivity contribution in [1.82, 2.24) is 15.0 Å². The van der Waals surface area contributed by atoms with Crippen molar-refractivity contribution in [2.24, 2.45) is 0 Å². The molecule has 1 amide bonds. The molecule has 0 unspecified atom stereocenters. The van der Waals surface area contributed by atoms with Gasteiger partial charge in [0.05, 0.1) is 0 Å². The van der Waals surface area contributed by atoms with Crippen molar-refractivity contribution in [2.75, 3.05) is 19.3 Å². The number of carbonyl (C=O) groups excluding carboxylic acids is 1. The summed E-state index contributed by atoms with van der Waals surface area (Å²) in [5, 5.41) is 2.99. The van der Waals surface area contributed by atoms with E-state index in [1.807, 2.05) is 13.8 Å². The quantitative estimate of drug-likeness (QED) is 0.827. The molecule has 7 nitrogen and oxygen atoms in total. The van der Waals surface area contributed by atoms with Gasteiger partial charge >= 0.3 is 0 Å². The molecular weight excluding hydrogens is 306 g/mol. The van der Waals surface area contributed by atoms with Crippen LogP contribution in [0.15, 0.2) is 4.52 Å². The third-order valence-electron chi connectivity index (χ3n) is 4.04. The number of piperidine rings is 1. The molecule has 1 aliphatic heterocycles. The van der Waals surface area contributed by atoms with Crippen LogP contribution in [0.4, 0.5) is 0 Å². The summed E-state index contributed by atoms with van der Waals surface area (Å²) in [7, 11) is -3.38. The summed E-state index contributed by atoms with van der Waals surface area (Å²) in [5.74, 6) is 1.00. The van der Waals surface area contributed by atoms with E-state index in [9.17, 15) is 13.2 Å². The Morgan fingerprint density at radius 1 is 1.36 bits per heavy atom. The maximum absolute atomic E-state index is 12.3. The van der Waals surface area contributed by atoms with Crippen molar-refractivity contribution in [1.29, 1.82) is 0 Å². The van der Waals surface area contributed by atoms with Crippen LogP contribution in [0.2, 0.25) is 0 Å². The largest absolute Gasteiger partial charge is 0.341 e. The molecule has 1 aromatic heterocycles. The number of nitrogens with zero attached hydrogens (tertiary/aromatic N) is 3. The topological polar surface area (TPSA) is 93.4 Å². The number of likely N-dealkylation sites (tertiary alicyclic amines) is 1. The third-order valence-corrected chi connectivity index (χ3v) is 5.53. The van der Waals surface area contributed by atoms with Gasteiger partial charge in [0.1, 0.15) is 5.25 Å². The van der Waals surface area contributed by atoms with Crippen molar-refractivity contribution in [2.45, 2.75) is 50.7 Å². The predicted molar refractivity (Wildman–Crippen MR) is 81.2 cm³/mol. The Balaban J connectivity index is 2.10. The lowest BCUT2D eigenvalue weighted by molar-refractivity contribution is -0.131. The van der Waals surface area contributed by atoms with E-state index < -0.39 is 15.1 Å². The summed E-state index contributed by atoms with van der Waals surface area (Å²) < 4.78 is 28.3. The van der Waals surface area contributed by atoms with Crippen molar-refractivity contribution in [3.63, 3.8) is 0 Å². The van der Waals surface area contributed by atoms with Gasteiger partial charge in [0, 0.05) is 31.2 Å². The zero-order chi connectivity index (χ0) is 16.5. The molecule has 1 fully saturated rings. The predicted octanol–water partition coefficient (Wildman–Crippen LogP) is 1.33. The lowest BCUT2D eigenvalue weighted by Crippen LogP contribution is -2.45. The zero-order valence-corrected chi connectivity index (χ0v) is 14.3. The molecule has 0 radical (unpaired) electrons. The average Bonchev–Trinajstić information content (AvgIpc) is 2.95. The molecule has 1 aliphatic rings. The van der Waals surface area contributed by atoms with Crippen LogP contribution in [0.5, 0.6) is 0 Å². The van der Waals surface area contributed by atoms with E-state index in [0.29, 0.717) is 24.8 Å². The number of rotatable bonds is 4. The summed E-state index contributed by atoms with van der Waals surface area (Å²) in [4.78, 5) is 18.3. The average molecular weight is 329 g/mol. The van der Waals surface area contributed by atoms with Gasteiger partial charge in [-0.25, -0.2) is 8.42 Å². The van der Waals surface area contributed by atoms with Crippen LogP contribution in [-0.4, -0.2) is 54.0 Å². The molecule has 0 aromatic carbocycles. The molecular formula is C14H23N3O4S. The minimum atomic E-state index is -3.38. The Kier molecular flexibility index (Phi) is 4.89. The van der Waals surface area contributed by atoms with Gasteiger partial charge in [0.2, 0.25) is 11.8 Å². The summed E-state index contributed by atoms with van der Waals surface area (Å²) in [6, 6.07) is 0. The Labute approximate surface area is 131 Å². The van der Waals surface area contributed by atoms with E-state index in [-0.39, 0.29) is 17.7 Å². The number of amides is 1. The van der Waals surface area contributed by atoms with Crippen molar-refractivity contribution in [3.8, 4) is 0 Å². The summed E-state index contributed by atoms with van der Waals surface area (Å²) in [6.07, 6.45) is 2.76.